The van der Waals surface area contributed by atoms with Crippen LogP contribution in [0.4, 0.5) is 0 Å². The van der Waals surface area contributed by atoms with Crippen molar-refractivity contribution in [2.24, 2.45) is 11.8 Å². The molecule has 0 heterocycles. The van der Waals surface area contributed by atoms with Crippen LogP contribution in [-0.4, -0.2) is 6.04 Å². The Labute approximate surface area is 104 Å². The van der Waals surface area contributed by atoms with Gasteiger partial charge in [0.15, 0.2) is 0 Å². The topological polar surface area (TPSA) is 12.0 Å². The number of hydrogen-bond donors (Lipinski definition) is 1. The van der Waals surface area contributed by atoms with Crippen LogP contribution >= 0.6 is 22.9 Å². The molecule has 14 heavy (non-hydrogen) atoms. The van der Waals surface area contributed by atoms with Gasteiger partial charge in [-0.15, -0.1) is 0 Å². The van der Waals surface area contributed by atoms with E-state index >= 15 is 0 Å². The molecular formula is C12H26IN. The molecule has 2 heteroatoms. The molecule has 0 saturated carbocycles. The highest BCUT2D eigenvalue weighted by Gasteiger charge is 2.15. The highest BCUT2D eigenvalue weighted by atomic mass is 127. The van der Waals surface area contributed by atoms with Crippen LogP contribution in [0.3, 0.4) is 0 Å². The molecule has 0 radical (unpaired) electrons. The van der Waals surface area contributed by atoms with E-state index in [1.54, 1.807) is 0 Å². The average molecular weight is 311 g/mol. The Kier molecular flexibility index (Phi) is 9.40. The Balaban J connectivity index is 3.83. The lowest BCUT2D eigenvalue weighted by Gasteiger charge is -2.23. The highest BCUT2D eigenvalue weighted by Crippen LogP contribution is 2.22. The molecule has 0 rings (SSSR count). The van der Waals surface area contributed by atoms with Crippen molar-refractivity contribution in [3.8, 4) is 0 Å². The molecule has 1 N–H and O–H groups in total. The summed E-state index contributed by atoms with van der Waals surface area (Å²) in [4.78, 5) is 0. The second-order valence-electron chi connectivity index (χ2n) is 4.54. The first-order valence-corrected chi connectivity index (χ1v) is 7.09. The van der Waals surface area contributed by atoms with E-state index in [0.717, 1.165) is 11.8 Å². The molecule has 0 aliphatic carbocycles. The van der Waals surface area contributed by atoms with Crippen LogP contribution in [0.5, 0.6) is 0 Å². The molecule has 0 aliphatic heterocycles. The summed E-state index contributed by atoms with van der Waals surface area (Å²) < 4.78 is 3.36. The van der Waals surface area contributed by atoms with E-state index < -0.39 is 0 Å². The van der Waals surface area contributed by atoms with E-state index in [1.807, 2.05) is 0 Å². The molecular weight excluding hydrogens is 285 g/mol. The Morgan fingerprint density at radius 3 is 2.14 bits per heavy atom. The van der Waals surface area contributed by atoms with Crippen molar-refractivity contribution < 1.29 is 0 Å². The lowest BCUT2D eigenvalue weighted by molar-refractivity contribution is 0.334. The molecule has 0 aromatic heterocycles. The molecule has 86 valence electrons. The summed E-state index contributed by atoms with van der Waals surface area (Å²) in [5, 5.41) is 0. The van der Waals surface area contributed by atoms with Crippen molar-refractivity contribution in [2.75, 3.05) is 0 Å². The van der Waals surface area contributed by atoms with Gasteiger partial charge in [0, 0.05) is 28.9 Å². The van der Waals surface area contributed by atoms with Crippen LogP contribution in [0.25, 0.3) is 0 Å². The zero-order valence-electron chi connectivity index (χ0n) is 10.1. The minimum absolute atomic E-state index is 0.666. The molecule has 0 aromatic rings. The fourth-order valence-electron chi connectivity index (χ4n) is 1.81. The zero-order valence-corrected chi connectivity index (χ0v) is 12.3. The predicted molar refractivity (Wildman–Crippen MR) is 73.7 cm³/mol. The van der Waals surface area contributed by atoms with Gasteiger partial charge >= 0.3 is 0 Å². The van der Waals surface area contributed by atoms with Crippen LogP contribution in [0, 0.1) is 11.8 Å². The lowest BCUT2D eigenvalue weighted by atomic mass is 9.88. The Bertz CT molecular complexity index is 127. The third-order valence-corrected chi connectivity index (χ3v) is 4.25. The Morgan fingerprint density at radius 2 is 1.71 bits per heavy atom. The molecule has 0 aromatic carbocycles. The summed E-state index contributed by atoms with van der Waals surface area (Å²) in [7, 11) is 0. The minimum Gasteiger partial charge on any atom is -0.258 e. The van der Waals surface area contributed by atoms with Crippen molar-refractivity contribution in [3.63, 3.8) is 0 Å². The van der Waals surface area contributed by atoms with E-state index in [0.29, 0.717) is 6.04 Å². The largest absolute Gasteiger partial charge is 0.258 e. The van der Waals surface area contributed by atoms with Gasteiger partial charge in [-0.05, 0) is 31.6 Å². The van der Waals surface area contributed by atoms with Gasteiger partial charge < -0.3 is 0 Å². The minimum atomic E-state index is 0.666. The third kappa shape index (κ3) is 6.23. The fourth-order valence-corrected chi connectivity index (χ4v) is 2.32. The van der Waals surface area contributed by atoms with E-state index in [9.17, 15) is 0 Å². The van der Waals surface area contributed by atoms with Crippen molar-refractivity contribution in [3.05, 3.63) is 0 Å². The van der Waals surface area contributed by atoms with Crippen molar-refractivity contribution in [1.29, 1.82) is 0 Å². The van der Waals surface area contributed by atoms with Crippen LogP contribution in [-0.2, 0) is 0 Å². The molecule has 0 amide bonds. The van der Waals surface area contributed by atoms with Crippen LogP contribution in [0.15, 0.2) is 0 Å². The molecule has 1 unspecified atom stereocenters. The van der Waals surface area contributed by atoms with E-state index in [1.165, 1.54) is 32.1 Å². The van der Waals surface area contributed by atoms with Gasteiger partial charge in [0.25, 0.3) is 0 Å². The number of halogens is 1. The van der Waals surface area contributed by atoms with Gasteiger partial charge in [-0.1, -0.05) is 40.0 Å². The van der Waals surface area contributed by atoms with Gasteiger partial charge in [-0.2, -0.15) is 0 Å². The fraction of sp³-hybridized carbons (Fsp3) is 1.00. The quantitative estimate of drug-likeness (QED) is 0.512. The molecule has 0 saturated heterocycles. The molecule has 0 spiro atoms. The number of nitrogens with one attached hydrogen (secondary N) is 1. The molecule has 0 fully saturated rings. The summed E-state index contributed by atoms with van der Waals surface area (Å²) in [5.74, 6) is 1.77. The van der Waals surface area contributed by atoms with Crippen molar-refractivity contribution >= 4 is 22.9 Å². The zero-order chi connectivity index (χ0) is 11.0. The first-order valence-electron chi connectivity index (χ1n) is 6.01. The average Bonchev–Trinajstić information content (AvgIpc) is 2.22. The summed E-state index contributed by atoms with van der Waals surface area (Å²) in [6, 6.07) is 0.666. The van der Waals surface area contributed by atoms with Crippen molar-refractivity contribution in [2.45, 2.75) is 65.8 Å². The van der Waals surface area contributed by atoms with Crippen LogP contribution in [0.1, 0.15) is 59.8 Å². The van der Waals surface area contributed by atoms with Gasteiger partial charge in [0.05, 0.1) is 0 Å². The highest BCUT2D eigenvalue weighted by molar-refractivity contribution is 14.1. The maximum absolute atomic E-state index is 3.36. The smallest absolute Gasteiger partial charge is 0.0172 e. The second-order valence-corrected chi connectivity index (χ2v) is 5.16. The molecule has 1 nitrogen and oxygen atoms in total. The number of hydrogen-bond acceptors (Lipinski definition) is 1. The molecule has 0 bridgehead atoms. The second kappa shape index (κ2) is 8.96. The van der Waals surface area contributed by atoms with Gasteiger partial charge in [0.1, 0.15) is 0 Å². The van der Waals surface area contributed by atoms with Gasteiger partial charge in [-0.3, -0.25) is 3.53 Å². The predicted octanol–water partition coefficient (Wildman–Crippen LogP) is 4.56. The maximum Gasteiger partial charge on any atom is 0.0172 e. The van der Waals surface area contributed by atoms with E-state index in [-0.39, 0.29) is 0 Å². The third-order valence-electron chi connectivity index (χ3n) is 3.27. The standard InChI is InChI=1S/C12H26IN/c1-5-7-12(11(4)14-13)9-8-10(3)6-2/h10-12,14H,5-9H2,1-4H3/t10?,11-,12+/m0/s1. The SMILES string of the molecule is CCC[C@H](CCC(C)CC)[C@H](C)NI. The summed E-state index contributed by atoms with van der Waals surface area (Å²) in [5.41, 5.74) is 0. The normalized spacial score (nSPS) is 17.8. The first-order chi connectivity index (χ1) is 6.65. The van der Waals surface area contributed by atoms with Crippen LogP contribution < -0.4 is 3.53 Å². The summed E-state index contributed by atoms with van der Waals surface area (Å²) in [6.45, 7) is 9.25. The summed E-state index contributed by atoms with van der Waals surface area (Å²) >= 11 is 2.28. The Hall–Kier alpha value is 0.690. The first kappa shape index (κ1) is 14.7. The summed E-state index contributed by atoms with van der Waals surface area (Å²) in [6.07, 6.45) is 6.79. The van der Waals surface area contributed by atoms with Gasteiger partial charge in [-0.25, -0.2) is 0 Å². The van der Waals surface area contributed by atoms with E-state index in [4.69, 9.17) is 0 Å². The molecule has 3 atom stereocenters. The van der Waals surface area contributed by atoms with Crippen LogP contribution in [0.2, 0.25) is 0 Å². The monoisotopic (exact) mass is 311 g/mol. The van der Waals surface area contributed by atoms with Gasteiger partial charge in [0.2, 0.25) is 0 Å². The number of rotatable bonds is 8. The lowest BCUT2D eigenvalue weighted by Crippen LogP contribution is -2.27. The van der Waals surface area contributed by atoms with Crippen molar-refractivity contribution in [1.82, 2.24) is 3.53 Å². The molecule has 0 aliphatic rings. The Morgan fingerprint density at radius 1 is 1.07 bits per heavy atom. The van der Waals surface area contributed by atoms with E-state index in [2.05, 4.69) is 54.1 Å². The maximum atomic E-state index is 3.36.